The number of rotatable bonds is 10. The van der Waals surface area contributed by atoms with Gasteiger partial charge in [0.1, 0.15) is 0 Å². The third-order valence-corrected chi connectivity index (χ3v) is 6.87. The molecule has 0 heterocycles. The van der Waals surface area contributed by atoms with Gasteiger partial charge >= 0.3 is 12.0 Å². The summed E-state index contributed by atoms with van der Waals surface area (Å²) in [4.78, 5) is 37.3. The highest BCUT2D eigenvalue weighted by Crippen LogP contribution is 2.38. The van der Waals surface area contributed by atoms with Gasteiger partial charge in [0.05, 0.1) is 6.42 Å². The van der Waals surface area contributed by atoms with Crippen LogP contribution in [0.5, 0.6) is 0 Å². The lowest BCUT2D eigenvalue weighted by atomic mass is 10.1. The molecule has 4 N–H and O–H groups in total. The summed E-state index contributed by atoms with van der Waals surface area (Å²) in [6.45, 7) is 0.392. The second-order valence-corrected chi connectivity index (χ2v) is 9.74. The first kappa shape index (κ1) is 26.5. The van der Waals surface area contributed by atoms with Crippen LogP contribution in [-0.2, 0) is 11.3 Å². The fourth-order valence-corrected chi connectivity index (χ4v) is 4.87. The summed E-state index contributed by atoms with van der Waals surface area (Å²) in [5, 5.41) is 17.5. The van der Waals surface area contributed by atoms with E-state index in [9.17, 15) is 19.5 Å². The molecule has 0 saturated heterocycles. The molecule has 0 aliphatic heterocycles. The van der Waals surface area contributed by atoms with E-state index in [1.165, 1.54) is 11.8 Å². The Bertz CT molecular complexity index is 1380. The highest BCUT2D eigenvalue weighted by molar-refractivity contribution is 7.99. The van der Waals surface area contributed by atoms with E-state index in [0.29, 0.717) is 23.5 Å². The summed E-state index contributed by atoms with van der Waals surface area (Å²) in [5.74, 6) is -1.17. The lowest BCUT2D eigenvalue weighted by Crippen LogP contribution is -2.28. The van der Waals surface area contributed by atoms with Crippen molar-refractivity contribution in [1.29, 1.82) is 0 Å². The zero-order valence-electron chi connectivity index (χ0n) is 20.5. The molecule has 4 rings (SSSR count). The first-order chi connectivity index (χ1) is 18.5. The van der Waals surface area contributed by atoms with E-state index >= 15 is 0 Å². The SMILES string of the molecule is O=C(O)CC(Sc1ccc(NC(=O)c2cccc(NC(=O)NCc3ccccc3)c2)cc1)c1ccccc1. The molecule has 0 bridgehead atoms. The standard InChI is InChI=1S/C30H27N3O4S/c34-28(35)19-27(22-10-5-2-6-11-22)38-26-16-14-24(15-17-26)32-29(36)23-12-7-13-25(18-23)33-30(37)31-20-21-8-3-1-4-9-21/h1-18,27H,19-20H2,(H,32,36)(H,34,35)(H2,31,33,37). The molecule has 1 atom stereocenters. The Morgan fingerprint density at radius 1 is 0.737 bits per heavy atom. The number of hydrogen-bond donors (Lipinski definition) is 4. The van der Waals surface area contributed by atoms with Crippen LogP contribution >= 0.6 is 11.8 Å². The van der Waals surface area contributed by atoms with Gasteiger partial charge in [-0.05, 0) is 53.6 Å². The van der Waals surface area contributed by atoms with Crippen LogP contribution in [0.1, 0.15) is 33.2 Å². The number of hydrogen-bond acceptors (Lipinski definition) is 4. The number of carboxylic acid groups (broad SMARTS) is 1. The van der Waals surface area contributed by atoms with Crippen molar-refractivity contribution >= 4 is 41.0 Å². The van der Waals surface area contributed by atoms with Crippen LogP contribution in [0.15, 0.2) is 114 Å². The van der Waals surface area contributed by atoms with Crippen molar-refractivity contribution in [3.63, 3.8) is 0 Å². The van der Waals surface area contributed by atoms with Crippen LogP contribution in [0, 0.1) is 0 Å². The minimum absolute atomic E-state index is 0.00181. The van der Waals surface area contributed by atoms with Crippen molar-refractivity contribution in [3.8, 4) is 0 Å². The highest BCUT2D eigenvalue weighted by Gasteiger charge is 2.17. The number of benzene rings is 4. The average Bonchev–Trinajstić information content (AvgIpc) is 2.93. The maximum Gasteiger partial charge on any atom is 0.319 e. The third-order valence-electron chi connectivity index (χ3n) is 5.60. The van der Waals surface area contributed by atoms with Gasteiger partial charge in [-0.2, -0.15) is 0 Å². The van der Waals surface area contributed by atoms with Crippen LogP contribution in [0.4, 0.5) is 16.2 Å². The molecule has 0 fully saturated rings. The van der Waals surface area contributed by atoms with E-state index in [1.54, 1.807) is 36.4 Å². The first-order valence-electron chi connectivity index (χ1n) is 12.0. The van der Waals surface area contributed by atoms with Gasteiger partial charge in [0, 0.05) is 33.6 Å². The Morgan fingerprint density at radius 2 is 1.42 bits per heavy atom. The van der Waals surface area contributed by atoms with Crippen LogP contribution in [0.3, 0.4) is 0 Å². The molecule has 0 radical (unpaired) electrons. The summed E-state index contributed by atoms with van der Waals surface area (Å²) >= 11 is 1.46. The maximum absolute atomic E-state index is 12.8. The summed E-state index contributed by atoms with van der Waals surface area (Å²) in [6, 6.07) is 32.7. The van der Waals surface area contributed by atoms with Crippen LogP contribution in [-0.4, -0.2) is 23.0 Å². The molecular weight excluding hydrogens is 498 g/mol. The number of carboxylic acids is 1. The van der Waals surface area contributed by atoms with Gasteiger partial charge in [-0.1, -0.05) is 66.7 Å². The highest BCUT2D eigenvalue weighted by atomic mass is 32.2. The zero-order chi connectivity index (χ0) is 26.7. The minimum Gasteiger partial charge on any atom is -0.481 e. The van der Waals surface area contributed by atoms with E-state index in [0.717, 1.165) is 16.0 Å². The van der Waals surface area contributed by atoms with Crippen molar-refractivity contribution in [3.05, 3.63) is 126 Å². The Morgan fingerprint density at radius 3 is 2.11 bits per heavy atom. The lowest BCUT2D eigenvalue weighted by Gasteiger charge is -2.15. The van der Waals surface area contributed by atoms with Crippen LogP contribution < -0.4 is 16.0 Å². The number of amides is 3. The second kappa shape index (κ2) is 13.1. The quantitative estimate of drug-likeness (QED) is 0.175. The van der Waals surface area contributed by atoms with Crippen LogP contribution in [0.25, 0.3) is 0 Å². The molecule has 8 heteroatoms. The number of anilines is 2. The summed E-state index contributed by atoms with van der Waals surface area (Å²) < 4.78 is 0. The molecule has 38 heavy (non-hydrogen) atoms. The van der Waals surface area contributed by atoms with E-state index in [2.05, 4.69) is 16.0 Å². The predicted molar refractivity (Wildman–Crippen MR) is 150 cm³/mol. The molecular formula is C30H27N3O4S. The van der Waals surface area contributed by atoms with E-state index in [-0.39, 0.29) is 23.6 Å². The zero-order valence-corrected chi connectivity index (χ0v) is 21.3. The molecule has 0 spiro atoms. The normalized spacial score (nSPS) is 11.3. The van der Waals surface area contributed by atoms with Crippen molar-refractivity contribution in [2.45, 2.75) is 23.1 Å². The second-order valence-electron chi connectivity index (χ2n) is 8.47. The van der Waals surface area contributed by atoms with Gasteiger partial charge in [-0.25, -0.2) is 4.79 Å². The van der Waals surface area contributed by atoms with Gasteiger partial charge < -0.3 is 21.1 Å². The largest absolute Gasteiger partial charge is 0.481 e. The Labute approximate surface area is 225 Å². The number of thioether (sulfide) groups is 1. The van der Waals surface area contributed by atoms with Gasteiger partial charge in [-0.15, -0.1) is 11.8 Å². The number of carbonyl (C=O) groups excluding carboxylic acids is 2. The molecule has 3 amide bonds. The van der Waals surface area contributed by atoms with E-state index < -0.39 is 5.97 Å². The molecule has 192 valence electrons. The lowest BCUT2D eigenvalue weighted by molar-refractivity contribution is -0.137. The summed E-state index contributed by atoms with van der Waals surface area (Å²) in [5.41, 5.74) is 3.43. The molecule has 0 aliphatic rings. The first-order valence-corrected chi connectivity index (χ1v) is 12.9. The average molecular weight is 526 g/mol. The maximum atomic E-state index is 12.8. The predicted octanol–water partition coefficient (Wildman–Crippen LogP) is 6.57. The number of carbonyl (C=O) groups is 3. The molecule has 4 aromatic carbocycles. The summed E-state index contributed by atoms with van der Waals surface area (Å²) in [6.07, 6.45) is 0.00181. The fourth-order valence-electron chi connectivity index (χ4n) is 3.73. The van der Waals surface area contributed by atoms with Gasteiger partial charge in [0.2, 0.25) is 0 Å². The Kier molecular flexibility index (Phi) is 9.15. The van der Waals surface area contributed by atoms with Crippen molar-refractivity contribution < 1.29 is 19.5 Å². The third kappa shape index (κ3) is 7.97. The molecule has 0 aromatic heterocycles. The van der Waals surface area contributed by atoms with Crippen LogP contribution in [0.2, 0.25) is 0 Å². The molecule has 4 aromatic rings. The molecule has 7 nitrogen and oxygen atoms in total. The Hall–Kier alpha value is -4.56. The van der Waals surface area contributed by atoms with Crippen molar-refractivity contribution in [2.75, 3.05) is 10.6 Å². The molecule has 0 aliphatic carbocycles. The van der Waals surface area contributed by atoms with Crippen molar-refractivity contribution in [2.24, 2.45) is 0 Å². The van der Waals surface area contributed by atoms with E-state index in [1.807, 2.05) is 72.8 Å². The van der Waals surface area contributed by atoms with Crippen molar-refractivity contribution in [1.82, 2.24) is 5.32 Å². The number of nitrogens with one attached hydrogen (secondary N) is 3. The minimum atomic E-state index is -0.861. The smallest absolute Gasteiger partial charge is 0.319 e. The molecule has 1 unspecified atom stereocenters. The van der Waals surface area contributed by atoms with Gasteiger partial charge in [-0.3, -0.25) is 9.59 Å². The Balaban J connectivity index is 1.33. The molecule has 0 saturated carbocycles. The number of urea groups is 1. The topological polar surface area (TPSA) is 108 Å². The monoisotopic (exact) mass is 525 g/mol. The fraction of sp³-hybridized carbons (Fsp3) is 0.100. The van der Waals surface area contributed by atoms with Gasteiger partial charge in [0.15, 0.2) is 0 Å². The number of aliphatic carboxylic acids is 1. The summed E-state index contributed by atoms with van der Waals surface area (Å²) in [7, 11) is 0. The van der Waals surface area contributed by atoms with Gasteiger partial charge in [0.25, 0.3) is 5.91 Å². The van der Waals surface area contributed by atoms with E-state index in [4.69, 9.17) is 0 Å².